The van der Waals surface area contributed by atoms with Crippen LogP contribution in [0.15, 0.2) is 41.4 Å². The van der Waals surface area contributed by atoms with Crippen molar-refractivity contribution in [2.75, 3.05) is 24.5 Å². The molecule has 1 heterocycles. The molecule has 2 aliphatic rings. The van der Waals surface area contributed by atoms with Gasteiger partial charge in [0, 0.05) is 31.4 Å². The number of nitrogens with one attached hydrogen (secondary N) is 2. The fourth-order valence-electron chi connectivity index (χ4n) is 3.43. The van der Waals surface area contributed by atoms with Crippen molar-refractivity contribution in [1.29, 1.82) is 0 Å². The van der Waals surface area contributed by atoms with Gasteiger partial charge in [-0.25, -0.2) is 4.99 Å². The van der Waals surface area contributed by atoms with Crippen molar-refractivity contribution in [2.45, 2.75) is 51.6 Å². The molecule has 24 heavy (non-hydrogen) atoms. The van der Waals surface area contributed by atoms with Gasteiger partial charge in [-0.2, -0.15) is 0 Å². The summed E-state index contributed by atoms with van der Waals surface area (Å²) in [4.78, 5) is 7.14. The lowest BCUT2D eigenvalue weighted by atomic mass is 9.96. The van der Waals surface area contributed by atoms with E-state index in [0.717, 1.165) is 32.1 Å². The number of benzene rings is 1. The molecule has 0 atom stereocenters. The standard InChI is InChI=1S/C20H30N4/c1-2-21-20(23-18-8-4-3-5-9-18)22-16-17-10-12-19(13-11-17)24-14-6-7-15-24/h6-7,10-13,18H,2-5,8-9,14-16H2,1H3,(H2,21,22,23). The van der Waals surface area contributed by atoms with Crippen LogP contribution >= 0.6 is 0 Å². The maximum atomic E-state index is 4.77. The number of nitrogens with zero attached hydrogens (tertiary/aromatic N) is 2. The third-order valence-electron chi connectivity index (χ3n) is 4.83. The van der Waals surface area contributed by atoms with Crippen molar-refractivity contribution in [3.05, 3.63) is 42.0 Å². The van der Waals surface area contributed by atoms with E-state index in [1.165, 1.54) is 43.4 Å². The zero-order valence-corrected chi connectivity index (χ0v) is 14.8. The van der Waals surface area contributed by atoms with Crippen LogP contribution in [0.25, 0.3) is 0 Å². The van der Waals surface area contributed by atoms with E-state index in [0.29, 0.717) is 6.04 Å². The third kappa shape index (κ3) is 4.76. The highest BCUT2D eigenvalue weighted by atomic mass is 15.2. The Labute approximate surface area is 146 Å². The number of aliphatic imine (C=N–C) groups is 1. The number of hydrogen-bond acceptors (Lipinski definition) is 2. The molecule has 4 nitrogen and oxygen atoms in total. The minimum absolute atomic E-state index is 0.585. The van der Waals surface area contributed by atoms with Gasteiger partial charge in [0.15, 0.2) is 5.96 Å². The number of anilines is 1. The lowest BCUT2D eigenvalue weighted by Crippen LogP contribution is -2.44. The van der Waals surface area contributed by atoms with E-state index in [9.17, 15) is 0 Å². The minimum atomic E-state index is 0.585. The van der Waals surface area contributed by atoms with Crippen molar-refractivity contribution in [2.24, 2.45) is 4.99 Å². The fourth-order valence-corrected chi connectivity index (χ4v) is 3.43. The van der Waals surface area contributed by atoms with Crippen LogP contribution in [-0.4, -0.2) is 31.6 Å². The number of hydrogen-bond donors (Lipinski definition) is 2. The zero-order chi connectivity index (χ0) is 16.6. The molecule has 1 saturated carbocycles. The summed E-state index contributed by atoms with van der Waals surface area (Å²) in [5.74, 6) is 0.956. The van der Waals surface area contributed by atoms with Gasteiger partial charge in [0.1, 0.15) is 0 Å². The SMILES string of the molecule is CCNC(=NCc1ccc(N2CC=CC2)cc1)NC1CCCCC1. The normalized spacial score (nSPS) is 18.9. The van der Waals surface area contributed by atoms with Crippen LogP contribution in [0.1, 0.15) is 44.6 Å². The molecular weight excluding hydrogens is 296 g/mol. The first-order chi connectivity index (χ1) is 11.8. The van der Waals surface area contributed by atoms with Crippen molar-refractivity contribution < 1.29 is 0 Å². The predicted molar refractivity (Wildman–Crippen MR) is 103 cm³/mol. The summed E-state index contributed by atoms with van der Waals surface area (Å²) >= 11 is 0. The Bertz CT molecular complexity index is 548. The van der Waals surface area contributed by atoms with Crippen LogP contribution in [0.4, 0.5) is 5.69 Å². The highest BCUT2D eigenvalue weighted by Gasteiger charge is 2.14. The van der Waals surface area contributed by atoms with Crippen LogP contribution in [-0.2, 0) is 6.54 Å². The Morgan fingerprint density at radius 2 is 1.79 bits per heavy atom. The molecule has 1 aromatic rings. The largest absolute Gasteiger partial charge is 0.364 e. The Morgan fingerprint density at radius 1 is 1.08 bits per heavy atom. The first kappa shape index (κ1) is 16.9. The van der Waals surface area contributed by atoms with Crippen molar-refractivity contribution in [1.82, 2.24) is 10.6 Å². The van der Waals surface area contributed by atoms with Crippen LogP contribution in [0, 0.1) is 0 Å². The minimum Gasteiger partial charge on any atom is -0.364 e. The molecule has 4 heteroatoms. The van der Waals surface area contributed by atoms with Crippen LogP contribution in [0.5, 0.6) is 0 Å². The van der Waals surface area contributed by atoms with Gasteiger partial charge in [-0.15, -0.1) is 0 Å². The van der Waals surface area contributed by atoms with E-state index >= 15 is 0 Å². The molecule has 0 bridgehead atoms. The van der Waals surface area contributed by atoms with Gasteiger partial charge in [-0.05, 0) is 37.5 Å². The van der Waals surface area contributed by atoms with E-state index in [-0.39, 0.29) is 0 Å². The van der Waals surface area contributed by atoms with Gasteiger partial charge in [-0.3, -0.25) is 0 Å². The van der Waals surface area contributed by atoms with Crippen LogP contribution in [0.2, 0.25) is 0 Å². The summed E-state index contributed by atoms with van der Waals surface area (Å²) in [5, 5.41) is 6.98. The maximum absolute atomic E-state index is 4.77. The maximum Gasteiger partial charge on any atom is 0.191 e. The molecule has 1 aliphatic heterocycles. The summed E-state index contributed by atoms with van der Waals surface area (Å²) in [5.41, 5.74) is 2.55. The fraction of sp³-hybridized carbons (Fsp3) is 0.550. The average molecular weight is 326 g/mol. The van der Waals surface area contributed by atoms with E-state index < -0.39 is 0 Å². The predicted octanol–water partition coefficient (Wildman–Crippen LogP) is 3.45. The van der Waals surface area contributed by atoms with Crippen LogP contribution in [0.3, 0.4) is 0 Å². The average Bonchev–Trinajstić information content (AvgIpc) is 3.16. The van der Waals surface area contributed by atoms with Crippen molar-refractivity contribution >= 4 is 11.6 Å². The number of guanidine groups is 1. The van der Waals surface area contributed by atoms with Gasteiger partial charge < -0.3 is 15.5 Å². The molecule has 3 rings (SSSR count). The number of rotatable bonds is 5. The summed E-state index contributed by atoms with van der Waals surface area (Å²) in [6.07, 6.45) is 11.0. The highest BCUT2D eigenvalue weighted by Crippen LogP contribution is 2.19. The van der Waals surface area contributed by atoms with Crippen LogP contribution < -0.4 is 15.5 Å². The second-order valence-corrected chi connectivity index (χ2v) is 6.72. The van der Waals surface area contributed by atoms with E-state index in [2.05, 4.69) is 58.9 Å². The summed E-state index contributed by atoms with van der Waals surface area (Å²) in [6.45, 7) is 5.79. The van der Waals surface area contributed by atoms with Gasteiger partial charge in [0.2, 0.25) is 0 Å². The molecule has 0 aromatic heterocycles. The second kappa shape index (κ2) is 8.76. The topological polar surface area (TPSA) is 39.7 Å². The van der Waals surface area contributed by atoms with Gasteiger partial charge in [0.25, 0.3) is 0 Å². The Hall–Kier alpha value is -1.97. The summed E-state index contributed by atoms with van der Waals surface area (Å²) < 4.78 is 0. The molecule has 1 aliphatic carbocycles. The van der Waals surface area contributed by atoms with Gasteiger partial charge in [0.05, 0.1) is 6.54 Å². The zero-order valence-electron chi connectivity index (χ0n) is 14.8. The van der Waals surface area contributed by atoms with E-state index in [4.69, 9.17) is 4.99 Å². The van der Waals surface area contributed by atoms with E-state index in [1.54, 1.807) is 0 Å². The molecular formula is C20H30N4. The summed E-state index contributed by atoms with van der Waals surface area (Å²) in [7, 11) is 0. The monoisotopic (exact) mass is 326 g/mol. The molecule has 0 unspecified atom stereocenters. The summed E-state index contributed by atoms with van der Waals surface area (Å²) in [6, 6.07) is 9.39. The third-order valence-corrected chi connectivity index (χ3v) is 4.83. The molecule has 1 fully saturated rings. The first-order valence-corrected chi connectivity index (χ1v) is 9.39. The molecule has 130 valence electrons. The molecule has 0 spiro atoms. The first-order valence-electron chi connectivity index (χ1n) is 9.39. The smallest absolute Gasteiger partial charge is 0.191 e. The van der Waals surface area contributed by atoms with Gasteiger partial charge in [-0.1, -0.05) is 43.5 Å². The molecule has 0 saturated heterocycles. The molecule has 0 radical (unpaired) electrons. The lowest BCUT2D eigenvalue weighted by molar-refractivity contribution is 0.410. The molecule has 1 aromatic carbocycles. The quantitative estimate of drug-likeness (QED) is 0.494. The Kier molecular flexibility index (Phi) is 6.16. The lowest BCUT2D eigenvalue weighted by Gasteiger charge is -2.24. The molecule has 2 N–H and O–H groups in total. The highest BCUT2D eigenvalue weighted by molar-refractivity contribution is 5.80. The Balaban J connectivity index is 1.56. The second-order valence-electron chi connectivity index (χ2n) is 6.72. The van der Waals surface area contributed by atoms with Crippen molar-refractivity contribution in [3.63, 3.8) is 0 Å². The van der Waals surface area contributed by atoms with Gasteiger partial charge >= 0.3 is 0 Å². The van der Waals surface area contributed by atoms with Crippen molar-refractivity contribution in [3.8, 4) is 0 Å². The van der Waals surface area contributed by atoms with E-state index in [1.807, 2.05) is 0 Å². The molecule has 0 amide bonds. The Morgan fingerprint density at radius 3 is 2.46 bits per heavy atom.